The van der Waals surface area contributed by atoms with Crippen LogP contribution in [0.5, 0.6) is 0 Å². The topological polar surface area (TPSA) is 62.3 Å². The lowest BCUT2D eigenvalue weighted by Crippen LogP contribution is -2.33. The van der Waals surface area contributed by atoms with Crippen molar-refractivity contribution in [3.05, 3.63) is 35.9 Å². The summed E-state index contributed by atoms with van der Waals surface area (Å²) in [6.45, 7) is 2.48. The van der Waals surface area contributed by atoms with E-state index in [4.69, 9.17) is 15.9 Å². The normalized spacial score (nSPS) is 12.6. The van der Waals surface area contributed by atoms with E-state index in [2.05, 4.69) is 11.9 Å². The first-order valence-electron chi connectivity index (χ1n) is 6.21. The van der Waals surface area contributed by atoms with Crippen LogP contribution in [-0.2, 0) is 4.74 Å². The van der Waals surface area contributed by atoms with E-state index in [0.717, 1.165) is 31.7 Å². The molecule has 1 atom stereocenters. The molecule has 1 aromatic rings. The van der Waals surface area contributed by atoms with Crippen LogP contribution in [0.4, 0.5) is 0 Å². The van der Waals surface area contributed by atoms with Gasteiger partial charge in [-0.05, 0) is 19.0 Å². The largest absolute Gasteiger partial charge is 0.387 e. The Morgan fingerprint density at radius 2 is 2.06 bits per heavy atom. The highest BCUT2D eigenvalue weighted by Crippen LogP contribution is 2.16. The Balaban J connectivity index is 2.56. The molecular formula is C14H23N3O. The monoisotopic (exact) mass is 249 g/mol. The van der Waals surface area contributed by atoms with E-state index >= 15 is 0 Å². The first-order valence-corrected chi connectivity index (χ1v) is 6.21. The van der Waals surface area contributed by atoms with Crippen molar-refractivity contribution >= 4 is 5.84 Å². The number of rotatable bonds is 8. The van der Waals surface area contributed by atoms with Crippen LogP contribution in [0, 0.1) is 5.41 Å². The lowest BCUT2D eigenvalue weighted by molar-refractivity contribution is 0.179. The Bertz CT molecular complexity index is 353. The first-order chi connectivity index (χ1) is 8.65. The Morgan fingerprint density at radius 1 is 1.39 bits per heavy atom. The second-order valence-corrected chi connectivity index (χ2v) is 4.53. The molecule has 0 spiro atoms. The molecule has 3 N–H and O–H groups in total. The van der Waals surface area contributed by atoms with Crippen LogP contribution < -0.4 is 5.73 Å². The molecule has 0 heterocycles. The number of benzene rings is 1. The van der Waals surface area contributed by atoms with Crippen molar-refractivity contribution in [2.75, 3.05) is 33.9 Å². The minimum Gasteiger partial charge on any atom is -0.387 e. The molecule has 0 saturated heterocycles. The smallest absolute Gasteiger partial charge is 0.0995 e. The molecule has 0 bridgehead atoms. The molecule has 0 aliphatic rings. The van der Waals surface area contributed by atoms with Gasteiger partial charge in [0.25, 0.3) is 0 Å². The minimum absolute atomic E-state index is 0.0289. The fraction of sp³-hybridized carbons (Fsp3) is 0.500. The van der Waals surface area contributed by atoms with Gasteiger partial charge in [0.15, 0.2) is 0 Å². The van der Waals surface area contributed by atoms with E-state index in [1.807, 2.05) is 30.3 Å². The van der Waals surface area contributed by atoms with Gasteiger partial charge < -0.3 is 15.4 Å². The summed E-state index contributed by atoms with van der Waals surface area (Å²) in [5.41, 5.74) is 6.80. The van der Waals surface area contributed by atoms with Crippen LogP contribution in [0.25, 0.3) is 0 Å². The Morgan fingerprint density at radius 3 is 2.61 bits per heavy atom. The van der Waals surface area contributed by atoms with Gasteiger partial charge in [-0.1, -0.05) is 30.3 Å². The maximum Gasteiger partial charge on any atom is 0.0995 e. The number of nitrogens with two attached hydrogens (primary N) is 1. The molecule has 4 heteroatoms. The molecule has 1 aromatic carbocycles. The van der Waals surface area contributed by atoms with Gasteiger partial charge in [0.05, 0.1) is 11.8 Å². The molecule has 0 radical (unpaired) electrons. The van der Waals surface area contributed by atoms with Crippen molar-refractivity contribution in [2.24, 2.45) is 5.73 Å². The van der Waals surface area contributed by atoms with Gasteiger partial charge in [-0.15, -0.1) is 0 Å². The number of hydrogen-bond donors (Lipinski definition) is 2. The molecule has 18 heavy (non-hydrogen) atoms. The zero-order valence-electron chi connectivity index (χ0n) is 11.2. The number of hydrogen-bond acceptors (Lipinski definition) is 3. The van der Waals surface area contributed by atoms with Crippen molar-refractivity contribution in [1.29, 1.82) is 5.41 Å². The Kier molecular flexibility index (Phi) is 6.39. The third-order valence-electron chi connectivity index (χ3n) is 2.96. The van der Waals surface area contributed by atoms with Gasteiger partial charge in [-0.25, -0.2) is 0 Å². The molecular weight excluding hydrogens is 226 g/mol. The predicted octanol–water partition coefficient (Wildman–Crippen LogP) is 1.67. The average Bonchev–Trinajstić information content (AvgIpc) is 2.37. The predicted molar refractivity (Wildman–Crippen MR) is 75.1 cm³/mol. The maximum atomic E-state index is 7.72. The van der Waals surface area contributed by atoms with Crippen LogP contribution in [0.2, 0.25) is 0 Å². The molecule has 4 nitrogen and oxygen atoms in total. The molecule has 1 unspecified atom stereocenters. The van der Waals surface area contributed by atoms with Crippen molar-refractivity contribution in [3.63, 3.8) is 0 Å². The third-order valence-corrected chi connectivity index (χ3v) is 2.96. The number of ether oxygens (including phenoxy) is 1. The van der Waals surface area contributed by atoms with E-state index in [9.17, 15) is 0 Å². The fourth-order valence-electron chi connectivity index (χ4n) is 1.95. The van der Waals surface area contributed by atoms with Gasteiger partial charge >= 0.3 is 0 Å². The molecule has 0 amide bonds. The highest BCUT2D eigenvalue weighted by atomic mass is 16.5. The van der Waals surface area contributed by atoms with Gasteiger partial charge in [0.1, 0.15) is 0 Å². The van der Waals surface area contributed by atoms with E-state index in [-0.39, 0.29) is 11.8 Å². The molecule has 0 fully saturated rings. The van der Waals surface area contributed by atoms with E-state index < -0.39 is 0 Å². The molecule has 0 saturated carbocycles. The summed E-state index contributed by atoms with van der Waals surface area (Å²) < 4.78 is 5.04. The van der Waals surface area contributed by atoms with Crippen LogP contribution in [0.15, 0.2) is 30.3 Å². The first kappa shape index (κ1) is 14.7. The van der Waals surface area contributed by atoms with Gasteiger partial charge in [-0.3, -0.25) is 5.41 Å². The summed E-state index contributed by atoms with van der Waals surface area (Å²) in [4.78, 5) is 2.19. The summed E-state index contributed by atoms with van der Waals surface area (Å²) in [5, 5.41) is 7.72. The molecule has 1 rings (SSSR count). The summed E-state index contributed by atoms with van der Waals surface area (Å²) >= 11 is 0. The van der Waals surface area contributed by atoms with Crippen LogP contribution in [0.3, 0.4) is 0 Å². The Hall–Kier alpha value is -1.39. The lowest BCUT2D eigenvalue weighted by Gasteiger charge is -2.23. The van der Waals surface area contributed by atoms with Gasteiger partial charge in [0, 0.05) is 26.8 Å². The number of nitrogens with one attached hydrogen (secondary N) is 1. The molecule has 0 aromatic heterocycles. The van der Waals surface area contributed by atoms with Crippen LogP contribution >= 0.6 is 0 Å². The standard InChI is InChI=1S/C14H23N3O/c1-17(9-6-10-18-2)11-13(14(15)16)12-7-4-3-5-8-12/h3-5,7-8,13H,6,9-11H2,1-2H3,(H3,15,16). The number of amidine groups is 1. The van der Waals surface area contributed by atoms with Crippen molar-refractivity contribution in [1.82, 2.24) is 4.90 Å². The van der Waals surface area contributed by atoms with E-state index in [1.165, 1.54) is 0 Å². The summed E-state index contributed by atoms with van der Waals surface area (Å²) in [6.07, 6.45) is 0.992. The van der Waals surface area contributed by atoms with Crippen LogP contribution in [-0.4, -0.2) is 44.6 Å². The average molecular weight is 249 g/mol. The number of methoxy groups -OCH3 is 1. The van der Waals surface area contributed by atoms with E-state index in [0.29, 0.717) is 0 Å². The quantitative estimate of drug-likeness (QED) is 0.418. The lowest BCUT2D eigenvalue weighted by atomic mass is 9.97. The summed E-state index contributed by atoms with van der Waals surface area (Å²) in [6, 6.07) is 9.99. The van der Waals surface area contributed by atoms with Crippen molar-refractivity contribution in [2.45, 2.75) is 12.3 Å². The molecule has 100 valence electrons. The zero-order valence-corrected chi connectivity index (χ0v) is 11.2. The van der Waals surface area contributed by atoms with E-state index in [1.54, 1.807) is 7.11 Å². The number of likely N-dealkylation sites (N-methyl/N-ethyl adjacent to an activating group) is 1. The molecule has 0 aliphatic heterocycles. The summed E-state index contributed by atoms with van der Waals surface area (Å²) in [5.74, 6) is 0.193. The van der Waals surface area contributed by atoms with Crippen molar-refractivity contribution in [3.8, 4) is 0 Å². The SMILES string of the molecule is COCCCN(C)CC(C(=N)N)c1ccccc1. The zero-order chi connectivity index (χ0) is 13.4. The minimum atomic E-state index is -0.0289. The highest BCUT2D eigenvalue weighted by molar-refractivity contribution is 5.84. The number of nitrogens with zero attached hydrogens (tertiary/aromatic N) is 1. The molecule has 0 aliphatic carbocycles. The summed E-state index contributed by atoms with van der Waals surface area (Å²) in [7, 11) is 3.76. The van der Waals surface area contributed by atoms with Gasteiger partial charge in [-0.2, -0.15) is 0 Å². The van der Waals surface area contributed by atoms with Crippen LogP contribution in [0.1, 0.15) is 17.9 Å². The third kappa shape index (κ3) is 4.85. The highest BCUT2D eigenvalue weighted by Gasteiger charge is 2.16. The second kappa shape index (κ2) is 7.84. The van der Waals surface area contributed by atoms with Gasteiger partial charge in [0.2, 0.25) is 0 Å². The fourth-order valence-corrected chi connectivity index (χ4v) is 1.95. The maximum absolute atomic E-state index is 7.72. The second-order valence-electron chi connectivity index (χ2n) is 4.53. The Labute approximate surface area is 109 Å². The van der Waals surface area contributed by atoms with Crippen molar-refractivity contribution < 1.29 is 4.74 Å².